The highest BCUT2D eigenvalue weighted by Crippen LogP contribution is 2.26. The third kappa shape index (κ3) is 8.46. The highest BCUT2D eigenvalue weighted by molar-refractivity contribution is 6.08. The van der Waals surface area contributed by atoms with E-state index in [2.05, 4.69) is 20.6 Å². The summed E-state index contributed by atoms with van der Waals surface area (Å²) in [6.45, 7) is 14.2. The molecule has 0 unspecified atom stereocenters. The Bertz CT molecular complexity index is 1690. The molecule has 252 valence electrons. The number of aromatic nitrogens is 3. The maximum absolute atomic E-state index is 13.5. The number of methoxy groups -OCH3 is 1. The number of nitrogens with one attached hydrogen (secondary N) is 2. The summed E-state index contributed by atoms with van der Waals surface area (Å²) in [5, 5.41) is 6.06. The van der Waals surface area contributed by atoms with Crippen LogP contribution in [0.3, 0.4) is 0 Å². The normalized spacial score (nSPS) is 14.2. The summed E-state index contributed by atoms with van der Waals surface area (Å²) in [4.78, 5) is 62.6. The first-order valence-corrected chi connectivity index (χ1v) is 15.5. The number of pyridine rings is 1. The van der Waals surface area contributed by atoms with Crippen LogP contribution in [0.15, 0.2) is 41.3 Å². The van der Waals surface area contributed by atoms with Gasteiger partial charge in [-0.05, 0) is 79.0 Å². The number of carbonyl (C=O) groups excluding carboxylic acids is 3. The highest BCUT2D eigenvalue weighted by atomic mass is 16.6. The summed E-state index contributed by atoms with van der Waals surface area (Å²) < 4.78 is 17.8. The molecule has 13 nitrogen and oxygen atoms in total. The van der Waals surface area contributed by atoms with Gasteiger partial charge < -0.3 is 24.8 Å². The Kier molecular flexibility index (Phi) is 10.3. The number of benzene rings is 1. The van der Waals surface area contributed by atoms with Crippen LogP contribution in [0, 0.1) is 13.8 Å². The van der Waals surface area contributed by atoms with Crippen molar-refractivity contribution in [2.24, 2.45) is 0 Å². The van der Waals surface area contributed by atoms with E-state index in [0.717, 1.165) is 21.8 Å². The van der Waals surface area contributed by atoms with E-state index in [-0.39, 0.29) is 29.5 Å². The molecule has 0 radical (unpaired) electrons. The number of ether oxygens (including phenoxy) is 3. The van der Waals surface area contributed by atoms with E-state index in [1.165, 1.54) is 16.8 Å². The Morgan fingerprint density at radius 2 is 1.62 bits per heavy atom. The van der Waals surface area contributed by atoms with Gasteiger partial charge in [-0.15, -0.1) is 0 Å². The number of anilines is 2. The van der Waals surface area contributed by atoms with Crippen LogP contribution in [0.4, 0.5) is 21.1 Å². The van der Waals surface area contributed by atoms with Crippen LogP contribution in [0.5, 0.6) is 5.75 Å². The Morgan fingerprint density at radius 1 is 0.957 bits per heavy atom. The summed E-state index contributed by atoms with van der Waals surface area (Å²) in [5.74, 6) is 0.969. The number of aryl methyl sites for hydroxylation is 3. The van der Waals surface area contributed by atoms with Crippen LogP contribution in [-0.2, 0) is 33.8 Å². The lowest BCUT2D eigenvalue weighted by Gasteiger charge is -2.28. The minimum absolute atomic E-state index is 0.0201. The molecule has 0 saturated carbocycles. The van der Waals surface area contributed by atoms with Gasteiger partial charge in [-0.2, -0.15) is 4.90 Å². The fraction of sp³-hybridized carbons (Fsp3) is 0.471. The third-order valence-corrected chi connectivity index (χ3v) is 7.31. The first-order valence-electron chi connectivity index (χ1n) is 15.5. The van der Waals surface area contributed by atoms with Gasteiger partial charge in [0.25, 0.3) is 5.56 Å². The maximum atomic E-state index is 13.5. The van der Waals surface area contributed by atoms with Gasteiger partial charge in [0.15, 0.2) is 0 Å². The molecule has 1 aliphatic heterocycles. The van der Waals surface area contributed by atoms with E-state index in [1.54, 1.807) is 61.6 Å². The summed E-state index contributed by atoms with van der Waals surface area (Å²) in [7, 11) is 1.61. The van der Waals surface area contributed by atoms with Gasteiger partial charge in [-0.25, -0.2) is 19.6 Å². The average Bonchev–Trinajstić information content (AvgIpc) is 3.40. The first kappa shape index (κ1) is 34.9. The highest BCUT2D eigenvalue weighted by Gasteiger charge is 2.34. The van der Waals surface area contributed by atoms with Gasteiger partial charge in [-0.1, -0.05) is 24.3 Å². The molecule has 1 aliphatic rings. The molecule has 0 aliphatic carbocycles. The zero-order valence-corrected chi connectivity index (χ0v) is 28.5. The van der Waals surface area contributed by atoms with E-state index in [4.69, 9.17) is 14.2 Å². The molecule has 3 heterocycles. The van der Waals surface area contributed by atoms with Crippen LogP contribution in [0.2, 0.25) is 0 Å². The summed E-state index contributed by atoms with van der Waals surface area (Å²) in [6.07, 6.45) is 0.571. The SMILES string of the molecule is COc1c(C)cccc1CNc1cnc2n(c1=O)[C@H](C(=O)NCc1ccc(N(C(=O)OC(C)(C)C)C(=O)OC(C)(C)C)nc1C)CC2. The van der Waals surface area contributed by atoms with Crippen molar-refractivity contribution in [3.63, 3.8) is 0 Å². The van der Waals surface area contributed by atoms with Gasteiger partial charge >= 0.3 is 12.2 Å². The molecular formula is C34H44N6O7. The van der Waals surface area contributed by atoms with Crippen molar-refractivity contribution >= 4 is 29.6 Å². The second-order valence-corrected chi connectivity index (χ2v) is 13.4. The molecule has 0 fully saturated rings. The lowest BCUT2D eigenvalue weighted by Crippen LogP contribution is -2.44. The van der Waals surface area contributed by atoms with Gasteiger partial charge in [0.1, 0.15) is 40.3 Å². The molecule has 1 atom stereocenters. The molecule has 3 aromatic rings. The molecule has 1 aromatic carbocycles. The number of rotatable bonds is 8. The van der Waals surface area contributed by atoms with Gasteiger partial charge in [0.2, 0.25) is 5.91 Å². The van der Waals surface area contributed by atoms with Crippen molar-refractivity contribution in [1.29, 1.82) is 0 Å². The number of fused-ring (bicyclic) bond motifs is 1. The third-order valence-electron chi connectivity index (χ3n) is 7.31. The second-order valence-electron chi connectivity index (χ2n) is 13.4. The van der Waals surface area contributed by atoms with Crippen molar-refractivity contribution in [3.05, 3.63) is 75.1 Å². The van der Waals surface area contributed by atoms with E-state index < -0.39 is 29.4 Å². The zero-order valence-electron chi connectivity index (χ0n) is 28.5. The Hall–Kier alpha value is -4.94. The molecule has 4 rings (SSSR count). The number of carbonyl (C=O) groups is 3. The quantitative estimate of drug-likeness (QED) is 0.326. The van der Waals surface area contributed by atoms with Crippen LogP contribution in [0.1, 0.15) is 82.2 Å². The molecule has 2 aromatic heterocycles. The van der Waals surface area contributed by atoms with Crippen molar-refractivity contribution in [2.45, 2.75) is 98.6 Å². The van der Waals surface area contributed by atoms with Crippen LogP contribution < -0.4 is 25.8 Å². The van der Waals surface area contributed by atoms with Crippen LogP contribution in [0.25, 0.3) is 0 Å². The lowest BCUT2D eigenvalue weighted by molar-refractivity contribution is -0.124. The van der Waals surface area contributed by atoms with Crippen molar-refractivity contribution in [1.82, 2.24) is 19.9 Å². The second kappa shape index (κ2) is 13.8. The fourth-order valence-corrected chi connectivity index (χ4v) is 5.17. The van der Waals surface area contributed by atoms with E-state index in [9.17, 15) is 19.2 Å². The molecule has 13 heteroatoms. The number of hydrogen-bond donors (Lipinski definition) is 2. The Labute approximate surface area is 274 Å². The molecule has 0 bridgehead atoms. The van der Waals surface area contributed by atoms with E-state index in [0.29, 0.717) is 36.5 Å². The number of nitrogens with zero attached hydrogens (tertiary/aromatic N) is 4. The topological polar surface area (TPSA) is 154 Å². The number of para-hydroxylation sites is 1. The molecule has 0 spiro atoms. The predicted molar refractivity (Wildman–Crippen MR) is 177 cm³/mol. The molecular weight excluding hydrogens is 604 g/mol. The monoisotopic (exact) mass is 648 g/mol. The Balaban J connectivity index is 1.48. The van der Waals surface area contributed by atoms with Crippen LogP contribution >= 0.6 is 0 Å². The standard InChI is InChI=1S/C34H44N6O7/c1-20-11-10-12-23(28(20)45-9)18-35-24-19-36-26-16-14-25(39(26)30(24)42)29(41)37-17-22-13-15-27(38-21(22)2)40(31(43)46-33(3,4)5)32(44)47-34(6,7)8/h10-13,15,19,25,35H,14,16-18H2,1-9H3,(H,37,41)/t25-/m0/s1. The Morgan fingerprint density at radius 3 is 2.21 bits per heavy atom. The molecule has 0 saturated heterocycles. The van der Waals surface area contributed by atoms with E-state index in [1.807, 2.05) is 25.1 Å². The first-order chi connectivity index (χ1) is 22.0. The average molecular weight is 649 g/mol. The van der Waals surface area contributed by atoms with Crippen molar-refractivity contribution < 1.29 is 28.6 Å². The minimum atomic E-state index is -0.925. The molecule has 2 N–H and O–H groups in total. The number of imide groups is 1. The van der Waals surface area contributed by atoms with Gasteiger partial charge in [0, 0.05) is 30.8 Å². The van der Waals surface area contributed by atoms with E-state index >= 15 is 0 Å². The molecule has 3 amide bonds. The summed E-state index contributed by atoms with van der Waals surface area (Å²) >= 11 is 0. The number of hydrogen-bond acceptors (Lipinski definition) is 10. The maximum Gasteiger partial charge on any atom is 0.425 e. The number of amides is 3. The predicted octanol–water partition coefficient (Wildman–Crippen LogP) is 5.36. The van der Waals surface area contributed by atoms with Crippen molar-refractivity contribution in [3.8, 4) is 5.75 Å². The fourth-order valence-electron chi connectivity index (χ4n) is 5.17. The van der Waals surface area contributed by atoms with Gasteiger partial charge in [0.05, 0.1) is 13.3 Å². The summed E-state index contributed by atoms with van der Waals surface area (Å²) in [5.41, 5.74) is 1.23. The largest absolute Gasteiger partial charge is 0.496 e. The zero-order chi connectivity index (χ0) is 34.7. The molecule has 47 heavy (non-hydrogen) atoms. The van der Waals surface area contributed by atoms with Crippen molar-refractivity contribution in [2.75, 3.05) is 17.3 Å². The minimum Gasteiger partial charge on any atom is -0.496 e. The van der Waals surface area contributed by atoms with Crippen LogP contribution in [-0.4, -0.2) is 50.9 Å². The van der Waals surface area contributed by atoms with Gasteiger partial charge in [-0.3, -0.25) is 14.2 Å². The summed E-state index contributed by atoms with van der Waals surface area (Å²) in [6, 6.07) is 8.21. The smallest absolute Gasteiger partial charge is 0.425 e. The lowest BCUT2D eigenvalue weighted by atomic mass is 10.1.